The summed E-state index contributed by atoms with van der Waals surface area (Å²) in [5.41, 5.74) is 1.84. The number of rotatable bonds is 8. The molecule has 1 saturated heterocycles. The van der Waals surface area contributed by atoms with Crippen molar-refractivity contribution in [2.45, 2.75) is 6.92 Å². The lowest BCUT2D eigenvalue weighted by Gasteiger charge is -2.14. The topological polar surface area (TPSA) is 111 Å². The number of esters is 1. The van der Waals surface area contributed by atoms with Crippen molar-refractivity contribution >= 4 is 69.8 Å². The molecule has 0 atom stereocenters. The minimum absolute atomic E-state index is 0.0989. The monoisotopic (exact) mass is 538 g/mol. The number of thioether (sulfide) groups is 1. The third-order valence-corrected chi connectivity index (χ3v) is 6.34. The Morgan fingerprint density at radius 2 is 1.86 bits per heavy atom. The van der Waals surface area contributed by atoms with Gasteiger partial charge in [0.1, 0.15) is 6.54 Å². The van der Waals surface area contributed by atoms with Gasteiger partial charge in [0.25, 0.3) is 17.1 Å². The number of hydrogen-bond donors (Lipinski definition) is 1. The summed E-state index contributed by atoms with van der Waals surface area (Å²) >= 11 is 13.1. The van der Waals surface area contributed by atoms with E-state index in [-0.39, 0.29) is 28.0 Å². The Morgan fingerprint density at radius 3 is 2.51 bits per heavy atom. The van der Waals surface area contributed by atoms with Gasteiger partial charge in [-0.3, -0.25) is 24.1 Å². The maximum Gasteiger partial charge on any atom is 0.325 e. The average Bonchev–Trinajstić information content (AvgIpc) is 3.07. The van der Waals surface area contributed by atoms with Crippen molar-refractivity contribution in [3.8, 4) is 11.5 Å². The number of benzene rings is 2. The molecule has 1 N–H and O–H groups in total. The Labute approximate surface area is 215 Å². The van der Waals surface area contributed by atoms with Crippen LogP contribution in [0.5, 0.6) is 11.5 Å². The van der Waals surface area contributed by atoms with Gasteiger partial charge in [-0.25, -0.2) is 0 Å². The van der Waals surface area contributed by atoms with Crippen molar-refractivity contribution in [3.63, 3.8) is 0 Å². The highest BCUT2D eigenvalue weighted by Gasteiger charge is 2.36. The molecular formula is C23H20Cl2N2O7S. The highest BCUT2D eigenvalue weighted by molar-refractivity contribution is 8.18. The van der Waals surface area contributed by atoms with Crippen molar-refractivity contribution in [1.29, 1.82) is 0 Å². The van der Waals surface area contributed by atoms with Gasteiger partial charge in [-0.2, -0.15) is 0 Å². The lowest BCUT2D eigenvalue weighted by atomic mass is 10.1. The predicted molar refractivity (Wildman–Crippen MR) is 133 cm³/mol. The van der Waals surface area contributed by atoms with Crippen molar-refractivity contribution in [2.75, 3.05) is 32.7 Å². The highest BCUT2D eigenvalue weighted by atomic mass is 35.5. The molecule has 1 heterocycles. The molecular weight excluding hydrogens is 519 g/mol. The second-order valence-corrected chi connectivity index (χ2v) is 8.99. The van der Waals surface area contributed by atoms with E-state index in [1.165, 1.54) is 25.3 Å². The fourth-order valence-electron chi connectivity index (χ4n) is 2.95. The van der Waals surface area contributed by atoms with Gasteiger partial charge in [0.15, 0.2) is 18.1 Å². The van der Waals surface area contributed by atoms with E-state index in [4.69, 9.17) is 32.7 Å². The second kappa shape index (κ2) is 11.5. The van der Waals surface area contributed by atoms with Crippen LogP contribution < -0.4 is 14.8 Å². The molecule has 0 radical (unpaired) electrons. The van der Waals surface area contributed by atoms with Crippen molar-refractivity contribution in [2.24, 2.45) is 0 Å². The zero-order valence-electron chi connectivity index (χ0n) is 18.8. The highest BCUT2D eigenvalue weighted by Crippen LogP contribution is 2.39. The molecule has 0 bridgehead atoms. The van der Waals surface area contributed by atoms with Gasteiger partial charge in [-0.05, 0) is 60.2 Å². The number of carbonyl (C=O) groups is 4. The number of methoxy groups -OCH3 is 2. The number of ether oxygens (including phenoxy) is 3. The number of nitrogens with zero attached hydrogens (tertiary/aromatic N) is 1. The van der Waals surface area contributed by atoms with Crippen molar-refractivity contribution in [1.82, 2.24) is 4.90 Å². The first-order valence-electron chi connectivity index (χ1n) is 10.0. The number of aryl methyl sites for hydroxylation is 1. The van der Waals surface area contributed by atoms with Crippen LogP contribution in [0.3, 0.4) is 0 Å². The Kier molecular flexibility index (Phi) is 8.66. The number of amides is 3. The molecule has 12 heteroatoms. The third-order valence-electron chi connectivity index (χ3n) is 4.74. The molecule has 184 valence electrons. The minimum atomic E-state index is -0.714. The lowest BCUT2D eigenvalue weighted by Crippen LogP contribution is -2.34. The van der Waals surface area contributed by atoms with Gasteiger partial charge >= 0.3 is 5.97 Å². The normalized spacial score (nSPS) is 14.3. The van der Waals surface area contributed by atoms with Crippen molar-refractivity contribution < 1.29 is 33.4 Å². The van der Waals surface area contributed by atoms with Gasteiger partial charge in [0.05, 0.1) is 24.1 Å². The molecule has 0 aliphatic carbocycles. The van der Waals surface area contributed by atoms with E-state index in [1.54, 1.807) is 18.2 Å². The van der Waals surface area contributed by atoms with Crippen LogP contribution >= 0.6 is 35.0 Å². The molecule has 0 aromatic heterocycles. The number of anilines is 1. The van der Waals surface area contributed by atoms with E-state index >= 15 is 0 Å². The summed E-state index contributed by atoms with van der Waals surface area (Å²) in [4.78, 5) is 49.3. The number of hydrogen-bond acceptors (Lipinski definition) is 8. The lowest BCUT2D eigenvalue weighted by molar-refractivity contribution is -0.143. The summed E-state index contributed by atoms with van der Waals surface area (Å²) in [5, 5.41) is 2.73. The fourth-order valence-corrected chi connectivity index (χ4v) is 4.24. The van der Waals surface area contributed by atoms with Gasteiger partial charge in [0, 0.05) is 10.7 Å². The zero-order valence-corrected chi connectivity index (χ0v) is 21.2. The van der Waals surface area contributed by atoms with Crippen LogP contribution in [0.25, 0.3) is 6.08 Å². The standard InChI is InChI=1S/C23H20Cl2N2O7S/c1-12-4-5-14(9-15(12)24)26-19(28)11-34-21-16(25)6-13(7-17(21)32-2)8-18-22(30)27(23(31)35-18)10-20(29)33-3/h4-9H,10-11H2,1-3H3,(H,26,28)/b18-8-. The molecule has 1 aliphatic heterocycles. The first-order valence-corrected chi connectivity index (χ1v) is 11.6. The summed E-state index contributed by atoms with van der Waals surface area (Å²) < 4.78 is 15.4. The van der Waals surface area contributed by atoms with Crippen LogP contribution in [0.2, 0.25) is 10.0 Å². The first-order chi connectivity index (χ1) is 16.6. The Bertz CT molecular complexity index is 1230. The van der Waals surface area contributed by atoms with E-state index in [9.17, 15) is 19.2 Å². The molecule has 0 unspecified atom stereocenters. The van der Waals surface area contributed by atoms with Crippen LogP contribution in [0.1, 0.15) is 11.1 Å². The fraction of sp³-hybridized carbons (Fsp3) is 0.217. The van der Waals surface area contributed by atoms with E-state index in [1.807, 2.05) is 6.92 Å². The maximum atomic E-state index is 12.5. The molecule has 9 nitrogen and oxygen atoms in total. The van der Waals surface area contributed by atoms with Gasteiger partial charge in [-0.1, -0.05) is 29.3 Å². The summed E-state index contributed by atoms with van der Waals surface area (Å²) in [6, 6.07) is 8.15. The molecule has 3 amide bonds. The van der Waals surface area contributed by atoms with E-state index < -0.39 is 29.6 Å². The molecule has 2 aromatic carbocycles. The molecule has 0 spiro atoms. The number of carbonyl (C=O) groups excluding carboxylic acids is 4. The Morgan fingerprint density at radius 1 is 1.11 bits per heavy atom. The molecule has 1 fully saturated rings. The van der Waals surface area contributed by atoms with E-state index in [2.05, 4.69) is 10.1 Å². The van der Waals surface area contributed by atoms with Crippen molar-refractivity contribution in [3.05, 3.63) is 56.4 Å². The summed E-state index contributed by atoms with van der Waals surface area (Å²) in [7, 11) is 2.55. The largest absolute Gasteiger partial charge is 0.493 e. The zero-order chi connectivity index (χ0) is 25.7. The molecule has 0 saturated carbocycles. The van der Waals surface area contributed by atoms with E-state index in [0.717, 1.165) is 17.6 Å². The minimum Gasteiger partial charge on any atom is -0.493 e. The van der Waals surface area contributed by atoms with Crippen LogP contribution in [0.15, 0.2) is 35.2 Å². The smallest absolute Gasteiger partial charge is 0.325 e. The van der Waals surface area contributed by atoms with Crippen LogP contribution in [-0.4, -0.2) is 55.3 Å². The second-order valence-electron chi connectivity index (χ2n) is 7.18. The maximum absolute atomic E-state index is 12.5. The molecule has 3 rings (SSSR count). The summed E-state index contributed by atoms with van der Waals surface area (Å²) in [5.74, 6) is -1.44. The quantitative estimate of drug-likeness (QED) is 0.385. The number of imide groups is 1. The average molecular weight is 539 g/mol. The first kappa shape index (κ1) is 26.4. The van der Waals surface area contributed by atoms with Gasteiger partial charge < -0.3 is 19.5 Å². The molecule has 35 heavy (non-hydrogen) atoms. The number of halogens is 2. The van der Waals surface area contributed by atoms with Crippen LogP contribution in [-0.2, 0) is 19.1 Å². The van der Waals surface area contributed by atoms with Gasteiger partial charge in [-0.15, -0.1) is 0 Å². The Hall–Kier alpha value is -3.21. The van der Waals surface area contributed by atoms with Gasteiger partial charge in [0.2, 0.25) is 0 Å². The summed E-state index contributed by atoms with van der Waals surface area (Å²) in [6.45, 7) is 1.02. The molecule has 2 aromatic rings. The predicted octanol–water partition coefficient (Wildman–Crippen LogP) is 4.54. The Balaban J connectivity index is 1.73. The third kappa shape index (κ3) is 6.47. The van der Waals surface area contributed by atoms with Crippen LogP contribution in [0, 0.1) is 6.92 Å². The SMILES string of the molecule is COC(=O)CN1C(=O)S/C(=C\c2cc(Cl)c(OCC(=O)Nc3ccc(C)c(Cl)c3)c(OC)c2)C1=O. The number of nitrogens with one attached hydrogen (secondary N) is 1. The van der Waals surface area contributed by atoms with E-state index in [0.29, 0.717) is 28.0 Å². The van der Waals surface area contributed by atoms with Crippen LogP contribution in [0.4, 0.5) is 10.5 Å². The molecule has 1 aliphatic rings. The summed E-state index contributed by atoms with van der Waals surface area (Å²) in [6.07, 6.45) is 1.44.